The van der Waals surface area contributed by atoms with Crippen LogP contribution in [-0.4, -0.2) is 43.3 Å². The Balaban J connectivity index is 3.93. The van der Waals surface area contributed by atoms with Crippen LogP contribution in [0.2, 0.25) is 0 Å². The lowest BCUT2D eigenvalue weighted by molar-refractivity contribution is 0.155. The van der Waals surface area contributed by atoms with Crippen molar-refractivity contribution in [1.82, 2.24) is 4.90 Å². The second kappa shape index (κ2) is 6.35. The lowest BCUT2D eigenvalue weighted by atomic mass is 9.85. The van der Waals surface area contributed by atoms with E-state index in [1.165, 1.54) is 6.42 Å². The van der Waals surface area contributed by atoms with E-state index in [0.717, 1.165) is 26.1 Å². The molecule has 0 aliphatic carbocycles. The molecule has 1 atom stereocenters. The van der Waals surface area contributed by atoms with Gasteiger partial charge in [-0.15, -0.1) is 0 Å². The molecule has 0 fully saturated rings. The summed E-state index contributed by atoms with van der Waals surface area (Å²) < 4.78 is 0. The lowest BCUT2D eigenvalue weighted by Gasteiger charge is -2.32. The highest BCUT2D eigenvalue weighted by atomic mass is 16.3. The van der Waals surface area contributed by atoms with Crippen LogP contribution in [0.3, 0.4) is 0 Å². The first-order valence-electron chi connectivity index (χ1n) is 5.07. The Morgan fingerprint density at radius 2 is 2.08 bits per heavy atom. The third-order valence-corrected chi connectivity index (χ3v) is 2.48. The Hall–Kier alpha value is -0.120. The summed E-state index contributed by atoms with van der Waals surface area (Å²) in [5, 5.41) is 8.76. The number of likely N-dealkylation sites (N-methyl/N-ethyl adjacent to an activating group) is 1. The maximum absolute atomic E-state index is 8.76. The van der Waals surface area contributed by atoms with Crippen molar-refractivity contribution < 1.29 is 5.11 Å². The van der Waals surface area contributed by atoms with Crippen molar-refractivity contribution >= 4 is 0 Å². The minimum absolute atomic E-state index is 0.207. The molecule has 0 saturated heterocycles. The molecule has 3 heteroatoms. The van der Waals surface area contributed by atoms with Gasteiger partial charge in [-0.25, -0.2) is 0 Å². The molecule has 3 nitrogen and oxygen atoms in total. The molecule has 0 rings (SSSR count). The monoisotopic (exact) mass is 188 g/mol. The standard InChI is InChI=1S/C10H24N2O/c1-4-5-10(2,8-11)9-12(3)6-7-13/h13H,4-9,11H2,1-3H3. The van der Waals surface area contributed by atoms with Crippen LogP contribution < -0.4 is 5.73 Å². The summed E-state index contributed by atoms with van der Waals surface area (Å²) >= 11 is 0. The Kier molecular flexibility index (Phi) is 6.29. The van der Waals surface area contributed by atoms with Crippen LogP contribution in [-0.2, 0) is 0 Å². The first-order chi connectivity index (χ1) is 6.08. The van der Waals surface area contributed by atoms with Crippen molar-refractivity contribution in [3.05, 3.63) is 0 Å². The van der Waals surface area contributed by atoms with Crippen molar-refractivity contribution in [2.75, 3.05) is 33.3 Å². The topological polar surface area (TPSA) is 49.5 Å². The summed E-state index contributed by atoms with van der Waals surface area (Å²) in [5.74, 6) is 0. The smallest absolute Gasteiger partial charge is 0.0558 e. The molecule has 0 bridgehead atoms. The number of aliphatic hydroxyl groups is 1. The highest BCUT2D eigenvalue weighted by Gasteiger charge is 2.22. The van der Waals surface area contributed by atoms with Gasteiger partial charge in [0.1, 0.15) is 0 Å². The largest absolute Gasteiger partial charge is 0.395 e. The fraction of sp³-hybridized carbons (Fsp3) is 1.00. The number of rotatable bonds is 7. The molecule has 3 N–H and O–H groups in total. The third-order valence-electron chi connectivity index (χ3n) is 2.48. The molecule has 0 aromatic carbocycles. The zero-order chi connectivity index (χ0) is 10.3. The molecule has 0 aromatic heterocycles. The molecular formula is C10H24N2O. The Bertz CT molecular complexity index is 130. The summed E-state index contributed by atoms with van der Waals surface area (Å²) in [6.07, 6.45) is 2.32. The minimum atomic E-state index is 0.207. The molecule has 80 valence electrons. The average molecular weight is 188 g/mol. The van der Waals surface area contributed by atoms with Gasteiger partial charge in [0.05, 0.1) is 6.61 Å². The van der Waals surface area contributed by atoms with Gasteiger partial charge in [-0.2, -0.15) is 0 Å². The highest BCUT2D eigenvalue weighted by molar-refractivity contribution is 4.77. The first-order valence-corrected chi connectivity index (χ1v) is 5.07. The van der Waals surface area contributed by atoms with Crippen LogP contribution in [0.25, 0.3) is 0 Å². The van der Waals surface area contributed by atoms with E-state index in [1.54, 1.807) is 0 Å². The average Bonchev–Trinajstić information content (AvgIpc) is 2.05. The van der Waals surface area contributed by atoms with Gasteiger partial charge in [0, 0.05) is 13.1 Å². The van der Waals surface area contributed by atoms with Crippen molar-refractivity contribution in [3.8, 4) is 0 Å². The molecule has 0 aliphatic heterocycles. The van der Waals surface area contributed by atoms with Gasteiger partial charge in [-0.3, -0.25) is 0 Å². The van der Waals surface area contributed by atoms with E-state index in [2.05, 4.69) is 18.7 Å². The minimum Gasteiger partial charge on any atom is -0.395 e. The van der Waals surface area contributed by atoms with Crippen LogP contribution in [0.5, 0.6) is 0 Å². The van der Waals surface area contributed by atoms with E-state index in [9.17, 15) is 0 Å². The maximum atomic E-state index is 8.76. The summed E-state index contributed by atoms with van der Waals surface area (Å²) in [6.45, 7) is 7.04. The van der Waals surface area contributed by atoms with Crippen LogP contribution in [0.15, 0.2) is 0 Å². The SMILES string of the molecule is CCCC(C)(CN)CN(C)CCO. The zero-order valence-electron chi connectivity index (χ0n) is 9.21. The van der Waals surface area contributed by atoms with Gasteiger partial charge in [0.25, 0.3) is 0 Å². The van der Waals surface area contributed by atoms with Crippen molar-refractivity contribution in [2.45, 2.75) is 26.7 Å². The lowest BCUT2D eigenvalue weighted by Crippen LogP contribution is -2.39. The second-order valence-electron chi connectivity index (χ2n) is 4.23. The van der Waals surface area contributed by atoms with Crippen LogP contribution in [0, 0.1) is 5.41 Å². The van der Waals surface area contributed by atoms with Gasteiger partial charge in [0.15, 0.2) is 0 Å². The van der Waals surface area contributed by atoms with Crippen LogP contribution >= 0.6 is 0 Å². The summed E-state index contributed by atoms with van der Waals surface area (Å²) in [7, 11) is 2.03. The Labute approximate surface area is 81.9 Å². The maximum Gasteiger partial charge on any atom is 0.0558 e. The van der Waals surface area contributed by atoms with Gasteiger partial charge >= 0.3 is 0 Å². The van der Waals surface area contributed by atoms with E-state index in [4.69, 9.17) is 10.8 Å². The van der Waals surface area contributed by atoms with Crippen molar-refractivity contribution in [2.24, 2.45) is 11.1 Å². The molecule has 0 radical (unpaired) electrons. The van der Waals surface area contributed by atoms with Crippen molar-refractivity contribution in [1.29, 1.82) is 0 Å². The second-order valence-corrected chi connectivity index (χ2v) is 4.23. The van der Waals surface area contributed by atoms with Gasteiger partial charge in [-0.05, 0) is 25.4 Å². The summed E-state index contributed by atoms with van der Waals surface area (Å²) in [4.78, 5) is 2.14. The van der Waals surface area contributed by atoms with Gasteiger partial charge < -0.3 is 15.7 Å². The highest BCUT2D eigenvalue weighted by Crippen LogP contribution is 2.22. The van der Waals surface area contributed by atoms with Crippen molar-refractivity contribution in [3.63, 3.8) is 0 Å². The summed E-state index contributed by atoms with van der Waals surface area (Å²) in [6, 6.07) is 0. The quantitative estimate of drug-likeness (QED) is 0.617. The molecule has 0 spiro atoms. The van der Waals surface area contributed by atoms with E-state index < -0.39 is 0 Å². The number of nitrogens with zero attached hydrogens (tertiary/aromatic N) is 1. The van der Waals surface area contributed by atoms with E-state index in [1.807, 2.05) is 7.05 Å². The first kappa shape index (κ1) is 12.9. The summed E-state index contributed by atoms with van der Waals surface area (Å²) in [5.41, 5.74) is 5.96. The number of hydrogen-bond acceptors (Lipinski definition) is 3. The molecule has 0 aromatic rings. The van der Waals surface area contributed by atoms with Crippen LogP contribution in [0.4, 0.5) is 0 Å². The predicted octanol–water partition coefficient (Wildman–Crippen LogP) is 0.676. The van der Waals surface area contributed by atoms with Crippen LogP contribution in [0.1, 0.15) is 26.7 Å². The van der Waals surface area contributed by atoms with E-state index in [-0.39, 0.29) is 12.0 Å². The fourth-order valence-electron chi connectivity index (χ4n) is 1.75. The molecule has 13 heavy (non-hydrogen) atoms. The van der Waals surface area contributed by atoms with E-state index >= 15 is 0 Å². The normalized spacial score (nSPS) is 16.2. The molecule has 0 amide bonds. The predicted molar refractivity (Wildman–Crippen MR) is 56.7 cm³/mol. The fourth-order valence-corrected chi connectivity index (χ4v) is 1.75. The third kappa shape index (κ3) is 5.24. The van der Waals surface area contributed by atoms with Gasteiger partial charge in [0.2, 0.25) is 0 Å². The number of aliphatic hydroxyl groups excluding tert-OH is 1. The molecule has 1 unspecified atom stereocenters. The number of hydrogen-bond donors (Lipinski definition) is 2. The Morgan fingerprint density at radius 3 is 2.46 bits per heavy atom. The zero-order valence-corrected chi connectivity index (χ0v) is 9.21. The molecule has 0 aliphatic rings. The number of nitrogens with two attached hydrogens (primary N) is 1. The van der Waals surface area contributed by atoms with Gasteiger partial charge in [-0.1, -0.05) is 20.3 Å². The van der Waals surface area contributed by atoms with E-state index in [0.29, 0.717) is 0 Å². The molecule has 0 heterocycles. The molecular weight excluding hydrogens is 164 g/mol. The Morgan fingerprint density at radius 1 is 1.46 bits per heavy atom. The molecule has 0 saturated carbocycles.